The maximum absolute atomic E-state index is 13.9. The van der Waals surface area contributed by atoms with Crippen LogP contribution in [0.3, 0.4) is 0 Å². The third kappa shape index (κ3) is 5.89. The minimum Gasteiger partial charge on any atom is -0.465 e. The van der Waals surface area contributed by atoms with Gasteiger partial charge in [-0.25, -0.2) is 9.78 Å². The molecule has 2 heterocycles. The standard InChI is InChI=1S/C37H31BrN4O3/c1-4-24(2)35-40-32-20-17-29(38)22-31(32)36(43)42(35)39-23-28-21-33(25-11-7-5-8-12-25)41(34(28)26-13-9-6-10-14-26)30-18-15-27(16-19-30)37(44)45-3/h5-24H,4H2,1-3H3/t24-/m1/s1. The van der Waals surface area contributed by atoms with Crippen molar-refractivity contribution in [2.45, 2.75) is 26.2 Å². The van der Waals surface area contributed by atoms with Crippen molar-refractivity contribution in [2.24, 2.45) is 5.10 Å². The average molecular weight is 660 g/mol. The lowest BCUT2D eigenvalue weighted by atomic mass is 10.1. The summed E-state index contributed by atoms with van der Waals surface area (Å²) < 4.78 is 9.31. The van der Waals surface area contributed by atoms with Crippen molar-refractivity contribution in [1.29, 1.82) is 0 Å². The highest BCUT2D eigenvalue weighted by Crippen LogP contribution is 2.35. The molecule has 0 radical (unpaired) electrons. The molecule has 0 fully saturated rings. The number of ether oxygens (including phenoxy) is 1. The predicted octanol–water partition coefficient (Wildman–Crippen LogP) is 8.47. The Morgan fingerprint density at radius 3 is 2.24 bits per heavy atom. The van der Waals surface area contributed by atoms with Gasteiger partial charge in [-0.2, -0.15) is 9.78 Å². The van der Waals surface area contributed by atoms with Gasteiger partial charge in [0, 0.05) is 21.6 Å². The largest absolute Gasteiger partial charge is 0.465 e. The number of carbonyl (C=O) groups is 1. The molecule has 224 valence electrons. The van der Waals surface area contributed by atoms with Crippen molar-refractivity contribution >= 4 is 39.0 Å². The van der Waals surface area contributed by atoms with Gasteiger partial charge in [0.15, 0.2) is 0 Å². The van der Waals surface area contributed by atoms with Crippen LogP contribution in [0.2, 0.25) is 0 Å². The second-order valence-corrected chi connectivity index (χ2v) is 11.7. The van der Waals surface area contributed by atoms with Gasteiger partial charge in [0.1, 0.15) is 5.82 Å². The van der Waals surface area contributed by atoms with Gasteiger partial charge in [-0.3, -0.25) is 4.79 Å². The fraction of sp³-hybridized carbons (Fsp3) is 0.135. The number of hydrogen-bond donors (Lipinski definition) is 0. The number of nitrogens with zero attached hydrogens (tertiary/aromatic N) is 4. The first-order valence-corrected chi connectivity index (χ1v) is 15.5. The molecule has 7 nitrogen and oxygen atoms in total. The molecule has 0 amide bonds. The predicted molar refractivity (Wildman–Crippen MR) is 183 cm³/mol. The van der Waals surface area contributed by atoms with Crippen molar-refractivity contribution in [3.05, 3.63) is 141 Å². The van der Waals surface area contributed by atoms with Crippen LogP contribution >= 0.6 is 15.9 Å². The molecule has 0 saturated carbocycles. The molecule has 45 heavy (non-hydrogen) atoms. The second kappa shape index (κ2) is 12.9. The molecular formula is C37H31BrN4O3. The quantitative estimate of drug-likeness (QED) is 0.121. The van der Waals surface area contributed by atoms with Crippen molar-refractivity contribution in [1.82, 2.24) is 14.2 Å². The third-order valence-corrected chi connectivity index (χ3v) is 8.39. The van der Waals surface area contributed by atoms with Crippen LogP contribution in [-0.4, -0.2) is 33.5 Å². The molecule has 2 aromatic heterocycles. The minimum absolute atomic E-state index is 0.00861. The van der Waals surface area contributed by atoms with Crippen LogP contribution in [-0.2, 0) is 4.74 Å². The van der Waals surface area contributed by atoms with Crippen molar-refractivity contribution in [2.75, 3.05) is 7.11 Å². The summed E-state index contributed by atoms with van der Waals surface area (Å²) in [5.74, 6) is 0.220. The molecule has 0 saturated heterocycles. The van der Waals surface area contributed by atoms with E-state index in [9.17, 15) is 9.59 Å². The van der Waals surface area contributed by atoms with Gasteiger partial charge >= 0.3 is 5.97 Å². The molecule has 6 rings (SSSR count). The first-order chi connectivity index (χ1) is 21.9. The monoisotopic (exact) mass is 658 g/mol. The second-order valence-electron chi connectivity index (χ2n) is 10.7. The van der Waals surface area contributed by atoms with Crippen molar-refractivity contribution in [3.8, 4) is 28.2 Å². The molecule has 4 aromatic carbocycles. The summed E-state index contributed by atoms with van der Waals surface area (Å²) in [6.45, 7) is 4.12. The minimum atomic E-state index is -0.396. The molecule has 0 aliphatic rings. The Bertz CT molecular complexity index is 2080. The summed E-state index contributed by atoms with van der Waals surface area (Å²) in [6, 6.07) is 35.1. The van der Waals surface area contributed by atoms with Crippen LogP contribution in [0.1, 0.15) is 47.9 Å². The summed E-state index contributed by atoms with van der Waals surface area (Å²) in [4.78, 5) is 30.9. The Kier molecular flexibility index (Phi) is 8.58. The van der Waals surface area contributed by atoms with Crippen molar-refractivity contribution < 1.29 is 9.53 Å². The van der Waals surface area contributed by atoms with E-state index in [-0.39, 0.29) is 11.5 Å². The van der Waals surface area contributed by atoms with E-state index in [4.69, 9.17) is 14.8 Å². The fourth-order valence-electron chi connectivity index (χ4n) is 5.37. The van der Waals surface area contributed by atoms with Crippen LogP contribution in [0, 0.1) is 0 Å². The summed E-state index contributed by atoms with van der Waals surface area (Å²) in [6.07, 6.45) is 2.54. The number of methoxy groups -OCH3 is 1. The molecule has 0 aliphatic heterocycles. The fourth-order valence-corrected chi connectivity index (χ4v) is 5.73. The van der Waals surface area contributed by atoms with E-state index >= 15 is 0 Å². The number of hydrogen-bond acceptors (Lipinski definition) is 5. The van der Waals surface area contributed by atoms with E-state index in [0.717, 1.165) is 44.7 Å². The van der Waals surface area contributed by atoms with Gasteiger partial charge in [-0.1, -0.05) is 90.4 Å². The SMILES string of the molecule is CC[C@@H](C)c1nc2ccc(Br)cc2c(=O)n1N=Cc1cc(-c2ccccc2)n(-c2ccc(C(=O)OC)cc2)c1-c1ccccc1. The van der Waals surface area contributed by atoms with Crippen LogP contribution < -0.4 is 5.56 Å². The Morgan fingerprint density at radius 1 is 0.933 bits per heavy atom. The van der Waals surface area contributed by atoms with Gasteiger partial charge in [0.05, 0.1) is 41.2 Å². The number of aromatic nitrogens is 3. The van der Waals surface area contributed by atoms with Crippen LogP contribution in [0.4, 0.5) is 0 Å². The molecule has 0 N–H and O–H groups in total. The van der Waals surface area contributed by atoms with Gasteiger partial charge in [-0.15, -0.1) is 0 Å². The molecular weight excluding hydrogens is 628 g/mol. The first kappa shape index (κ1) is 30.0. The molecule has 8 heteroatoms. The zero-order chi connectivity index (χ0) is 31.5. The zero-order valence-electron chi connectivity index (χ0n) is 25.1. The lowest BCUT2D eigenvalue weighted by Crippen LogP contribution is -2.23. The van der Waals surface area contributed by atoms with Crippen molar-refractivity contribution in [3.63, 3.8) is 0 Å². The summed E-state index contributed by atoms with van der Waals surface area (Å²) in [7, 11) is 1.37. The van der Waals surface area contributed by atoms with Crippen LogP contribution in [0.5, 0.6) is 0 Å². The van der Waals surface area contributed by atoms with E-state index in [1.165, 1.54) is 11.8 Å². The molecule has 0 spiro atoms. The van der Waals surface area contributed by atoms with E-state index in [1.54, 1.807) is 24.4 Å². The number of rotatable bonds is 8. The Hall–Kier alpha value is -5.08. The van der Waals surface area contributed by atoms with E-state index in [1.807, 2.05) is 72.8 Å². The normalized spacial score (nSPS) is 12.1. The highest BCUT2D eigenvalue weighted by atomic mass is 79.9. The number of halogens is 1. The number of benzene rings is 4. The summed E-state index contributed by atoms with van der Waals surface area (Å²) in [5.41, 5.74) is 6.33. The van der Waals surface area contributed by atoms with Crippen LogP contribution in [0.25, 0.3) is 39.1 Å². The maximum Gasteiger partial charge on any atom is 0.337 e. The maximum atomic E-state index is 13.9. The number of esters is 1. The highest BCUT2D eigenvalue weighted by Gasteiger charge is 2.20. The molecule has 0 aliphatic carbocycles. The molecule has 0 bridgehead atoms. The van der Waals surface area contributed by atoms with Gasteiger partial charge in [0.2, 0.25) is 0 Å². The molecule has 1 atom stereocenters. The van der Waals surface area contributed by atoms with Crippen LogP contribution in [0.15, 0.2) is 124 Å². The third-order valence-electron chi connectivity index (χ3n) is 7.89. The Balaban J connectivity index is 1.61. The average Bonchev–Trinajstić information content (AvgIpc) is 3.47. The smallest absolute Gasteiger partial charge is 0.337 e. The molecule has 0 unspecified atom stereocenters. The van der Waals surface area contributed by atoms with E-state index < -0.39 is 5.97 Å². The Morgan fingerprint density at radius 2 is 1.60 bits per heavy atom. The van der Waals surface area contributed by atoms with Gasteiger partial charge < -0.3 is 9.30 Å². The summed E-state index contributed by atoms with van der Waals surface area (Å²) >= 11 is 3.49. The van der Waals surface area contributed by atoms with Gasteiger partial charge in [0.25, 0.3) is 5.56 Å². The number of carbonyl (C=O) groups excluding carboxylic acids is 1. The van der Waals surface area contributed by atoms with Gasteiger partial charge in [-0.05, 0) is 66.1 Å². The lowest BCUT2D eigenvalue weighted by molar-refractivity contribution is 0.0600. The van der Waals surface area contributed by atoms with E-state index in [0.29, 0.717) is 22.3 Å². The molecule has 6 aromatic rings. The first-order valence-electron chi connectivity index (χ1n) is 14.7. The van der Waals surface area contributed by atoms with E-state index in [2.05, 4.69) is 52.5 Å². The zero-order valence-corrected chi connectivity index (χ0v) is 26.7. The number of fused-ring (bicyclic) bond motifs is 1. The Labute approximate surface area is 269 Å². The lowest BCUT2D eigenvalue weighted by Gasteiger charge is -2.16. The summed E-state index contributed by atoms with van der Waals surface area (Å²) in [5, 5.41) is 5.32. The highest BCUT2D eigenvalue weighted by molar-refractivity contribution is 9.10. The topological polar surface area (TPSA) is 78.5 Å².